The number of carboxylic acids is 1. The van der Waals surface area contributed by atoms with Gasteiger partial charge < -0.3 is 14.6 Å². The van der Waals surface area contributed by atoms with Crippen LogP contribution < -0.4 is 4.74 Å². The monoisotopic (exact) mass is 379 g/mol. The highest BCUT2D eigenvalue weighted by atomic mass is 16.6. The third-order valence-electron chi connectivity index (χ3n) is 5.03. The maximum atomic E-state index is 12.2. The molecule has 1 aromatic rings. The fraction of sp³-hybridized carbons (Fsp3) is 0.579. The van der Waals surface area contributed by atoms with Crippen LogP contribution in [0.5, 0.6) is 5.75 Å². The normalized spacial score (nSPS) is 16.5. The molecule has 1 aliphatic rings. The minimum absolute atomic E-state index is 0.00370. The van der Waals surface area contributed by atoms with Crippen LogP contribution in [0.4, 0.5) is 0 Å². The molecule has 0 saturated heterocycles. The van der Waals surface area contributed by atoms with Gasteiger partial charge in [-0.3, -0.25) is 19.7 Å². The second kappa shape index (κ2) is 9.34. The van der Waals surface area contributed by atoms with Crippen LogP contribution in [0.15, 0.2) is 18.2 Å². The van der Waals surface area contributed by atoms with Crippen LogP contribution in [0.25, 0.3) is 0 Å². The van der Waals surface area contributed by atoms with E-state index in [0.717, 1.165) is 31.2 Å². The number of carboxylic acid groups (broad SMARTS) is 1. The lowest BCUT2D eigenvalue weighted by Crippen LogP contribution is -2.35. The molecule has 8 nitrogen and oxygen atoms in total. The first-order valence-electron chi connectivity index (χ1n) is 9.08. The van der Waals surface area contributed by atoms with E-state index < -0.39 is 35.2 Å². The van der Waals surface area contributed by atoms with Gasteiger partial charge in [0.25, 0.3) is 0 Å². The minimum Gasteiger partial charge on any atom is -0.496 e. The Morgan fingerprint density at radius 3 is 2.52 bits per heavy atom. The van der Waals surface area contributed by atoms with E-state index in [9.17, 15) is 24.8 Å². The number of ether oxygens (including phenoxy) is 2. The van der Waals surface area contributed by atoms with E-state index in [2.05, 4.69) is 0 Å². The lowest BCUT2D eigenvalue weighted by Gasteiger charge is -2.22. The van der Waals surface area contributed by atoms with E-state index in [0.29, 0.717) is 11.3 Å². The van der Waals surface area contributed by atoms with Gasteiger partial charge in [0.15, 0.2) is 5.92 Å². The molecule has 0 heterocycles. The molecular weight excluding hydrogens is 354 g/mol. The van der Waals surface area contributed by atoms with Gasteiger partial charge in [-0.2, -0.15) is 0 Å². The van der Waals surface area contributed by atoms with E-state index in [1.807, 2.05) is 0 Å². The molecule has 27 heavy (non-hydrogen) atoms. The first-order valence-corrected chi connectivity index (χ1v) is 9.08. The molecule has 2 unspecified atom stereocenters. The Balaban J connectivity index is 2.48. The standard InChI is InChI=1S/C19H25NO7/c1-3-27-19(23)17(18(21)22)15(11-20(24)25)13-8-9-16(26-2)14(10-13)12-6-4-5-7-12/h8-10,12,15,17H,3-7,11H2,1-2H3,(H,21,22). The summed E-state index contributed by atoms with van der Waals surface area (Å²) in [7, 11) is 1.56. The van der Waals surface area contributed by atoms with Crippen molar-refractivity contribution >= 4 is 11.9 Å². The summed E-state index contributed by atoms with van der Waals surface area (Å²) in [6.45, 7) is 0.890. The zero-order valence-electron chi connectivity index (χ0n) is 15.6. The SMILES string of the molecule is CCOC(=O)C(C(=O)O)C(C[N+](=O)[O-])c1ccc(OC)c(C2CCCC2)c1. The van der Waals surface area contributed by atoms with Crippen LogP contribution in [0.2, 0.25) is 0 Å². The maximum absolute atomic E-state index is 12.2. The Morgan fingerprint density at radius 2 is 2.00 bits per heavy atom. The molecule has 8 heteroatoms. The molecular formula is C19H25NO7. The molecule has 1 fully saturated rings. The van der Waals surface area contributed by atoms with Crippen molar-refractivity contribution in [1.82, 2.24) is 0 Å². The number of nitrogens with zero attached hydrogens (tertiary/aromatic N) is 1. The average Bonchev–Trinajstić information content (AvgIpc) is 3.14. The molecule has 1 aliphatic carbocycles. The van der Waals surface area contributed by atoms with Crippen LogP contribution >= 0.6 is 0 Å². The van der Waals surface area contributed by atoms with Gasteiger partial charge in [0, 0.05) is 4.92 Å². The number of esters is 1. The maximum Gasteiger partial charge on any atom is 0.321 e. The number of aliphatic carboxylic acids is 1. The quantitative estimate of drug-likeness (QED) is 0.303. The third kappa shape index (κ3) is 4.96. The molecule has 0 bridgehead atoms. The van der Waals surface area contributed by atoms with Crippen molar-refractivity contribution < 1.29 is 29.1 Å². The molecule has 0 aromatic heterocycles. The first-order chi connectivity index (χ1) is 12.9. The highest BCUT2D eigenvalue weighted by molar-refractivity contribution is 5.95. The molecule has 1 N–H and O–H groups in total. The van der Waals surface area contributed by atoms with E-state index >= 15 is 0 Å². The van der Waals surface area contributed by atoms with E-state index in [4.69, 9.17) is 9.47 Å². The van der Waals surface area contributed by atoms with Crippen molar-refractivity contribution in [2.24, 2.45) is 5.92 Å². The fourth-order valence-electron chi connectivity index (χ4n) is 3.77. The number of rotatable bonds is 9. The van der Waals surface area contributed by atoms with Gasteiger partial charge in [-0.15, -0.1) is 0 Å². The molecule has 0 aliphatic heterocycles. The summed E-state index contributed by atoms with van der Waals surface area (Å²) in [6.07, 6.45) is 4.16. The van der Waals surface area contributed by atoms with Crippen molar-refractivity contribution in [3.8, 4) is 5.75 Å². The molecule has 1 aromatic carbocycles. The predicted octanol–water partition coefficient (Wildman–Crippen LogP) is 2.98. The second-order valence-electron chi connectivity index (χ2n) is 6.67. The molecule has 1 saturated carbocycles. The largest absolute Gasteiger partial charge is 0.496 e. The predicted molar refractivity (Wildman–Crippen MR) is 96.6 cm³/mol. The number of carbonyl (C=O) groups excluding carboxylic acids is 1. The van der Waals surface area contributed by atoms with Crippen molar-refractivity contribution in [3.63, 3.8) is 0 Å². The van der Waals surface area contributed by atoms with Crippen LogP contribution in [0.1, 0.15) is 55.6 Å². The smallest absolute Gasteiger partial charge is 0.321 e. The van der Waals surface area contributed by atoms with Crippen LogP contribution in [-0.4, -0.2) is 42.2 Å². The van der Waals surface area contributed by atoms with Gasteiger partial charge in [-0.1, -0.05) is 25.0 Å². The van der Waals surface area contributed by atoms with E-state index in [-0.39, 0.29) is 12.5 Å². The fourth-order valence-corrected chi connectivity index (χ4v) is 3.77. The van der Waals surface area contributed by atoms with Crippen molar-refractivity contribution in [2.45, 2.75) is 44.4 Å². The summed E-state index contributed by atoms with van der Waals surface area (Å²) >= 11 is 0. The molecule has 0 radical (unpaired) electrons. The Hall–Kier alpha value is -2.64. The number of hydrogen-bond donors (Lipinski definition) is 1. The number of carbonyl (C=O) groups is 2. The first kappa shape index (κ1) is 20.7. The van der Waals surface area contributed by atoms with Gasteiger partial charge in [0.2, 0.25) is 6.54 Å². The van der Waals surface area contributed by atoms with Gasteiger partial charge >= 0.3 is 11.9 Å². The topological polar surface area (TPSA) is 116 Å². The Morgan fingerprint density at radius 1 is 1.33 bits per heavy atom. The van der Waals surface area contributed by atoms with Crippen molar-refractivity contribution in [3.05, 3.63) is 39.4 Å². The zero-order chi connectivity index (χ0) is 20.0. The minimum atomic E-state index is -1.64. The molecule has 2 rings (SSSR count). The Labute approximate surface area is 157 Å². The third-order valence-corrected chi connectivity index (χ3v) is 5.03. The van der Waals surface area contributed by atoms with Crippen LogP contribution in [0, 0.1) is 16.0 Å². The summed E-state index contributed by atoms with van der Waals surface area (Å²) in [4.78, 5) is 34.5. The van der Waals surface area contributed by atoms with Gasteiger partial charge in [-0.25, -0.2) is 0 Å². The van der Waals surface area contributed by atoms with Crippen LogP contribution in [-0.2, 0) is 14.3 Å². The summed E-state index contributed by atoms with van der Waals surface area (Å²) in [5.41, 5.74) is 1.35. The van der Waals surface area contributed by atoms with Gasteiger partial charge in [0.1, 0.15) is 5.75 Å². The Kier molecular flexibility index (Phi) is 7.15. The van der Waals surface area contributed by atoms with Crippen molar-refractivity contribution in [1.29, 1.82) is 0 Å². The number of methoxy groups -OCH3 is 1. The lowest BCUT2D eigenvalue weighted by atomic mass is 9.83. The molecule has 0 amide bonds. The van der Waals surface area contributed by atoms with Crippen molar-refractivity contribution in [2.75, 3.05) is 20.3 Å². The molecule has 2 atom stereocenters. The average molecular weight is 379 g/mol. The molecule has 148 valence electrons. The Bertz CT molecular complexity index is 697. The van der Waals surface area contributed by atoms with E-state index in [1.54, 1.807) is 32.2 Å². The van der Waals surface area contributed by atoms with E-state index in [1.165, 1.54) is 0 Å². The van der Waals surface area contributed by atoms with Gasteiger partial charge in [-0.05, 0) is 42.9 Å². The number of hydrogen-bond acceptors (Lipinski definition) is 6. The van der Waals surface area contributed by atoms with Gasteiger partial charge in [0.05, 0.1) is 19.6 Å². The zero-order valence-corrected chi connectivity index (χ0v) is 15.6. The summed E-state index contributed by atoms with van der Waals surface area (Å²) in [5, 5.41) is 20.7. The number of benzene rings is 1. The summed E-state index contributed by atoms with van der Waals surface area (Å²) in [5.74, 6) is -4.22. The highest BCUT2D eigenvalue weighted by Crippen LogP contribution is 2.41. The number of nitro groups is 1. The second-order valence-corrected chi connectivity index (χ2v) is 6.67. The molecule has 0 spiro atoms. The highest BCUT2D eigenvalue weighted by Gasteiger charge is 2.40. The summed E-state index contributed by atoms with van der Waals surface area (Å²) in [6, 6.07) is 5.05. The lowest BCUT2D eigenvalue weighted by molar-refractivity contribution is -0.484. The van der Waals surface area contributed by atoms with Crippen LogP contribution in [0.3, 0.4) is 0 Å². The summed E-state index contributed by atoms with van der Waals surface area (Å²) < 4.78 is 10.3.